The fourth-order valence-electron chi connectivity index (χ4n) is 2.77. The van der Waals surface area contributed by atoms with Gasteiger partial charge in [0.05, 0.1) is 0 Å². The average Bonchev–Trinajstić information content (AvgIpc) is 3.14. The molecule has 1 amide bonds. The summed E-state index contributed by atoms with van der Waals surface area (Å²) in [6.45, 7) is 5.37. The van der Waals surface area contributed by atoms with Gasteiger partial charge in [0.25, 0.3) is 0 Å². The summed E-state index contributed by atoms with van der Waals surface area (Å²) < 4.78 is 0. The Morgan fingerprint density at radius 1 is 1.29 bits per heavy atom. The van der Waals surface area contributed by atoms with Gasteiger partial charge in [0.1, 0.15) is 0 Å². The highest BCUT2D eigenvalue weighted by atomic mass is 16.1. The quantitative estimate of drug-likeness (QED) is 0.742. The Kier molecular flexibility index (Phi) is 4.84. The van der Waals surface area contributed by atoms with Gasteiger partial charge in [0.15, 0.2) is 0 Å². The van der Waals surface area contributed by atoms with Crippen LogP contribution in [0, 0.1) is 17.8 Å². The Bertz CT molecular complexity index is 245. The smallest absolute Gasteiger partial charge is 0.220 e. The Labute approximate surface area is 105 Å². The predicted octanol–water partition coefficient (Wildman–Crippen LogP) is 1.93. The van der Waals surface area contributed by atoms with Crippen molar-refractivity contribution in [2.45, 2.75) is 45.4 Å². The minimum absolute atomic E-state index is 0.261. The summed E-state index contributed by atoms with van der Waals surface area (Å²) >= 11 is 0. The molecule has 3 heteroatoms. The summed E-state index contributed by atoms with van der Waals surface area (Å²) in [5, 5.41) is 6.45. The molecule has 0 aromatic rings. The maximum atomic E-state index is 11.8. The van der Waals surface area contributed by atoms with Crippen LogP contribution >= 0.6 is 0 Å². The average molecular weight is 238 g/mol. The number of piperidine rings is 1. The number of rotatable bonds is 6. The molecule has 1 heterocycles. The van der Waals surface area contributed by atoms with Crippen LogP contribution in [-0.2, 0) is 4.79 Å². The molecule has 1 saturated carbocycles. The predicted molar refractivity (Wildman–Crippen MR) is 69.7 cm³/mol. The van der Waals surface area contributed by atoms with Crippen LogP contribution in [-0.4, -0.2) is 25.5 Å². The molecule has 1 aliphatic heterocycles. The van der Waals surface area contributed by atoms with Gasteiger partial charge in [-0.15, -0.1) is 0 Å². The first-order valence-corrected chi connectivity index (χ1v) is 7.23. The van der Waals surface area contributed by atoms with Crippen LogP contribution < -0.4 is 10.6 Å². The molecule has 2 rings (SSSR count). The first-order valence-electron chi connectivity index (χ1n) is 7.23. The molecular weight excluding hydrogens is 212 g/mol. The minimum Gasteiger partial charge on any atom is -0.356 e. The van der Waals surface area contributed by atoms with Crippen molar-refractivity contribution in [1.82, 2.24) is 10.6 Å². The molecule has 1 atom stereocenters. The van der Waals surface area contributed by atoms with Gasteiger partial charge in [0.2, 0.25) is 5.91 Å². The first kappa shape index (κ1) is 12.9. The lowest BCUT2D eigenvalue weighted by Crippen LogP contribution is -2.33. The van der Waals surface area contributed by atoms with Crippen molar-refractivity contribution in [2.75, 3.05) is 19.6 Å². The standard InChI is InChI=1S/C14H26N2O/c1-11(13-5-7-15-8-6-13)10-14(17)16-9-4-12-2-3-12/h11-13,15H,2-10H2,1H3,(H,16,17). The Hall–Kier alpha value is -0.570. The van der Waals surface area contributed by atoms with Crippen molar-refractivity contribution in [1.29, 1.82) is 0 Å². The number of amides is 1. The van der Waals surface area contributed by atoms with Crippen LogP contribution in [0.4, 0.5) is 0 Å². The van der Waals surface area contributed by atoms with Crippen molar-refractivity contribution < 1.29 is 4.79 Å². The van der Waals surface area contributed by atoms with Gasteiger partial charge in [-0.05, 0) is 50.1 Å². The van der Waals surface area contributed by atoms with E-state index < -0.39 is 0 Å². The number of nitrogens with one attached hydrogen (secondary N) is 2. The molecular formula is C14H26N2O. The maximum Gasteiger partial charge on any atom is 0.220 e. The molecule has 1 unspecified atom stereocenters. The lowest BCUT2D eigenvalue weighted by Gasteiger charge is -2.27. The summed E-state index contributed by atoms with van der Waals surface area (Å²) in [7, 11) is 0. The summed E-state index contributed by atoms with van der Waals surface area (Å²) in [5.74, 6) is 2.46. The Balaban J connectivity index is 1.58. The molecule has 0 spiro atoms. The second kappa shape index (κ2) is 6.39. The lowest BCUT2D eigenvalue weighted by atomic mass is 9.84. The van der Waals surface area contributed by atoms with Crippen LogP contribution in [0.3, 0.4) is 0 Å². The number of hydrogen-bond acceptors (Lipinski definition) is 2. The highest BCUT2D eigenvalue weighted by Gasteiger charge is 2.23. The topological polar surface area (TPSA) is 41.1 Å². The van der Waals surface area contributed by atoms with Crippen LogP contribution in [0.2, 0.25) is 0 Å². The fourth-order valence-corrected chi connectivity index (χ4v) is 2.77. The van der Waals surface area contributed by atoms with E-state index in [-0.39, 0.29) is 5.91 Å². The van der Waals surface area contributed by atoms with Crippen LogP contribution in [0.25, 0.3) is 0 Å². The molecule has 0 aromatic carbocycles. The van der Waals surface area contributed by atoms with E-state index in [4.69, 9.17) is 0 Å². The Morgan fingerprint density at radius 3 is 2.65 bits per heavy atom. The van der Waals surface area contributed by atoms with E-state index in [2.05, 4.69) is 17.6 Å². The van der Waals surface area contributed by atoms with Crippen molar-refractivity contribution in [3.63, 3.8) is 0 Å². The highest BCUT2D eigenvalue weighted by Crippen LogP contribution is 2.31. The third-order valence-electron chi connectivity index (χ3n) is 4.27. The number of carbonyl (C=O) groups excluding carboxylic acids is 1. The zero-order valence-corrected chi connectivity index (χ0v) is 11.0. The van der Waals surface area contributed by atoms with E-state index in [1.54, 1.807) is 0 Å². The molecule has 2 aliphatic rings. The summed E-state index contributed by atoms with van der Waals surface area (Å²) in [4.78, 5) is 11.8. The first-order chi connectivity index (χ1) is 8.25. The highest BCUT2D eigenvalue weighted by molar-refractivity contribution is 5.76. The molecule has 17 heavy (non-hydrogen) atoms. The molecule has 0 aromatic heterocycles. The monoisotopic (exact) mass is 238 g/mol. The van der Waals surface area contributed by atoms with E-state index >= 15 is 0 Å². The maximum absolute atomic E-state index is 11.8. The lowest BCUT2D eigenvalue weighted by molar-refractivity contribution is -0.122. The normalized spacial score (nSPS) is 23.4. The van der Waals surface area contributed by atoms with Crippen molar-refractivity contribution in [3.05, 3.63) is 0 Å². The van der Waals surface area contributed by atoms with Crippen molar-refractivity contribution in [2.24, 2.45) is 17.8 Å². The van der Waals surface area contributed by atoms with Gasteiger partial charge in [0, 0.05) is 13.0 Å². The zero-order chi connectivity index (χ0) is 12.1. The van der Waals surface area contributed by atoms with E-state index in [1.165, 1.54) is 32.1 Å². The van der Waals surface area contributed by atoms with Gasteiger partial charge < -0.3 is 10.6 Å². The molecule has 0 radical (unpaired) electrons. The van der Waals surface area contributed by atoms with Gasteiger partial charge in [-0.1, -0.05) is 19.8 Å². The third kappa shape index (κ3) is 4.66. The number of carbonyl (C=O) groups is 1. The van der Waals surface area contributed by atoms with Gasteiger partial charge >= 0.3 is 0 Å². The van der Waals surface area contributed by atoms with Gasteiger partial charge in [-0.25, -0.2) is 0 Å². The van der Waals surface area contributed by atoms with Gasteiger partial charge in [-0.3, -0.25) is 4.79 Å². The zero-order valence-electron chi connectivity index (χ0n) is 11.0. The molecule has 3 nitrogen and oxygen atoms in total. The molecule has 2 fully saturated rings. The molecule has 1 aliphatic carbocycles. The fraction of sp³-hybridized carbons (Fsp3) is 0.929. The van der Waals surface area contributed by atoms with Gasteiger partial charge in [-0.2, -0.15) is 0 Å². The van der Waals surface area contributed by atoms with Crippen LogP contribution in [0.15, 0.2) is 0 Å². The largest absolute Gasteiger partial charge is 0.356 e. The summed E-state index contributed by atoms with van der Waals surface area (Å²) in [5.41, 5.74) is 0. The Morgan fingerprint density at radius 2 is 2.00 bits per heavy atom. The van der Waals surface area contributed by atoms with E-state index in [1.807, 2.05) is 0 Å². The van der Waals surface area contributed by atoms with Crippen LogP contribution in [0.5, 0.6) is 0 Å². The van der Waals surface area contributed by atoms with E-state index in [0.717, 1.165) is 37.9 Å². The van der Waals surface area contributed by atoms with Crippen molar-refractivity contribution in [3.8, 4) is 0 Å². The van der Waals surface area contributed by atoms with E-state index in [0.29, 0.717) is 5.92 Å². The summed E-state index contributed by atoms with van der Waals surface area (Å²) in [6.07, 6.45) is 7.12. The van der Waals surface area contributed by atoms with Crippen molar-refractivity contribution >= 4 is 5.91 Å². The van der Waals surface area contributed by atoms with E-state index in [9.17, 15) is 4.79 Å². The molecule has 2 N–H and O–H groups in total. The number of hydrogen-bond donors (Lipinski definition) is 2. The second-order valence-corrected chi connectivity index (χ2v) is 5.85. The minimum atomic E-state index is 0.261. The summed E-state index contributed by atoms with van der Waals surface area (Å²) in [6, 6.07) is 0. The molecule has 98 valence electrons. The van der Waals surface area contributed by atoms with Crippen LogP contribution in [0.1, 0.15) is 45.4 Å². The second-order valence-electron chi connectivity index (χ2n) is 5.85. The third-order valence-corrected chi connectivity index (χ3v) is 4.27. The molecule has 1 saturated heterocycles. The SMILES string of the molecule is CC(CC(=O)NCCC1CC1)C1CCNCC1. The molecule has 0 bridgehead atoms.